The lowest BCUT2D eigenvalue weighted by molar-refractivity contribution is 0.489. The van der Waals surface area contributed by atoms with Crippen molar-refractivity contribution in [2.24, 2.45) is 11.7 Å². The molecule has 0 amide bonds. The molecule has 3 heteroatoms. The van der Waals surface area contributed by atoms with Crippen LogP contribution in [0.1, 0.15) is 26.2 Å². The monoisotopic (exact) mass is 179 g/mol. The Labute approximate surface area is 79.0 Å². The summed E-state index contributed by atoms with van der Waals surface area (Å²) in [5.74, 6) is 0.760. The van der Waals surface area contributed by atoms with Crippen molar-refractivity contribution in [3.05, 3.63) is 18.7 Å². The Kier molecular flexibility index (Phi) is 2.12. The minimum Gasteiger partial charge on any atom is -0.337 e. The van der Waals surface area contributed by atoms with Crippen LogP contribution in [0.2, 0.25) is 0 Å². The average Bonchev–Trinajstić information content (AvgIpc) is 2.60. The SMILES string of the molecule is CCC1CC1(N)CCn1ccnc1. The van der Waals surface area contributed by atoms with Gasteiger partial charge in [-0.3, -0.25) is 0 Å². The summed E-state index contributed by atoms with van der Waals surface area (Å²) in [7, 11) is 0. The third kappa shape index (κ3) is 1.75. The lowest BCUT2D eigenvalue weighted by Gasteiger charge is -2.10. The van der Waals surface area contributed by atoms with Gasteiger partial charge in [0.05, 0.1) is 6.33 Å². The van der Waals surface area contributed by atoms with Gasteiger partial charge in [-0.25, -0.2) is 4.98 Å². The second kappa shape index (κ2) is 3.14. The van der Waals surface area contributed by atoms with Gasteiger partial charge in [-0.05, 0) is 18.8 Å². The van der Waals surface area contributed by atoms with E-state index in [9.17, 15) is 0 Å². The number of rotatable bonds is 4. The van der Waals surface area contributed by atoms with Crippen molar-refractivity contribution in [1.29, 1.82) is 0 Å². The quantitative estimate of drug-likeness (QED) is 0.759. The van der Waals surface area contributed by atoms with Gasteiger partial charge in [-0.1, -0.05) is 13.3 Å². The molecule has 3 nitrogen and oxygen atoms in total. The Bertz CT molecular complexity index is 268. The van der Waals surface area contributed by atoms with Crippen molar-refractivity contribution in [3.8, 4) is 0 Å². The highest BCUT2D eigenvalue weighted by atomic mass is 15.0. The molecule has 1 aliphatic carbocycles. The third-order valence-corrected chi connectivity index (χ3v) is 3.17. The smallest absolute Gasteiger partial charge is 0.0945 e. The lowest BCUT2D eigenvalue weighted by atomic mass is 10.1. The molecule has 1 saturated carbocycles. The maximum atomic E-state index is 6.18. The summed E-state index contributed by atoms with van der Waals surface area (Å²) in [4.78, 5) is 4.00. The first kappa shape index (κ1) is 8.75. The van der Waals surface area contributed by atoms with Crippen LogP contribution in [0.3, 0.4) is 0 Å². The van der Waals surface area contributed by atoms with Crippen molar-refractivity contribution >= 4 is 0 Å². The largest absolute Gasteiger partial charge is 0.337 e. The van der Waals surface area contributed by atoms with E-state index in [1.807, 2.05) is 18.7 Å². The molecule has 0 spiro atoms. The van der Waals surface area contributed by atoms with Crippen molar-refractivity contribution in [3.63, 3.8) is 0 Å². The molecule has 0 bridgehead atoms. The first-order valence-electron chi connectivity index (χ1n) is 4.99. The molecule has 72 valence electrons. The number of nitrogens with two attached hydrogens (primary N) is 1. The standard InChI is InChI=1S/C10H17N3/c1-2-9-7-10(9,11)3-5-13-6-4-12-8-13/h4,6,8-9H,2-3,5,7,11H2,1H3. The number of aryl methyl sites for hydroxylation is 1. The molecule has 0 saturated heterocycles. The maximum absolute atomic E-state index is 6.18. The lowest BCUT2D eigenvalue weighted by Crippen LogP contribution is -2.26. The van der Waals surface area contributed by atoms with Gasteiger partial charge >= 0.3 is 0 Å². The van der Waals surface area contributed by atoms with Crippen LogP contribution >= 0.6 is 0 Å². The molecule has 2 unspecified atom stereocenters. The van der Waals surface area contributed by atoms with E-state index in [2.05, 4.69) is 16.5 Å². The van der Waals surface area contributed by atoms with Crippen LogP contribution in [0.15, 0.2) is 18.7 Å². The van der Waals surface area contributed by atoms with Crippen molar-refractivity contribution in [2.75, 3.05) is 0 Å². The number of hydrogen-bond acceptors (Lipinski definition) is 2. The summed E-state index contributed by atoms with van der Waals surface area (Å²) in [6, 6.07) is 0. The summed E-state index contributed by atoms with van der Waals surface area (Å²) in [5, 5.41) is 0. The van der Waals surface area contributed by atoms with Crippen LogP contribution < -0.4 is 5.73 Å². The van der Waals surface area contributed by atoms with Crippen LogP contribution in [0.5, 0.6) is 0 Å². The minimum atomic E-state index is 0.138. The van der Waals surface area contributed by atoms with Crippen molar-refractivity contribution in [2.45, 2.75) is 38.3 Å². The molecule has 1 aromatic rings. The molecule has 0 aromatic carbocycles. The van der Waals surface area contributed by atoms with Crippen LogP contribution in [-0.4, -0.2) is 15.1 Å². The fourth-order valence-electron chi connectivity index (χ4n) is 2.01. The van der Waals surface area contributed by atoms with Gasteiger partial charge in [0.2, 0.25) is 0 Å². The molecule has 2 rings (SSSR count). The number of aromatic nitrogens is 2. The van der Waals surface area contributed by atoms with E-state index in [-0.39, 0.29) is 5.54 Å². The Morgan fingerprint density at radius 2 is 2.54 bits per heavy atom. The van der Waals surface area contributed by atoms with E-state index >= 15 is 0 Å². The van der Waals surface area contributed by atoms with Gasteiger partial charge in [0.25, 0.3) is 0 Å². The summed E-state index contributed by atoms with van der Waals surface area (Å²) >= 11 is 0. The zero-order valence-corrected chi connectivity index (χ0v) is 8.11. The molecule has 1 aromatic heterocycles. The number of hydrogen-bond donors (Lipinski definition) is 1. The number of nitrogens with zero attached hydrogens (tertiary/aromatic N) is 2. The van der Waals surface area contributed by atoms with Gasteiger partial charge in [0, 0.05) is 24.5 Å². The average molecular weight is 179 g/mol. The predicted molar refractivity (Wildman–Crippen MR) is 52.2 cm³/mol. The molecule has 2 N–H and O–H groups in total. The van der Waals surface area contributed by atoms with Crippen molar-refractivity contribution in [1.82, 2.24) is 9.55 Å². The number of imidazole rings is 1. The van der Waals surface area contributed by atoms with Crippen LogP contribution in [-0.2, 0) is 6.54 Å². The second-order valence-electron chi connectivity index (χ2n) is 4.09. The predicted octanol–water partition coefficient (Wildman–Crippen LogP) is 1.40. The Morgan fingerprint density at radius 1 is 1.69 bits per heavy atom. The van der Waals surface area contributed by atoms with Crippen LogP contribution in [0.4, 0.5) is 0 Å². The van der Waals surface area contributed by atoms with Gasteiger partial charge in [0.15, 0.2) is 0 Å². The van der Waals surface area contributed by atoms with Crippen LogP contribution in [0, 0.1) is 5.92 Å². The maximum Gasteiger partial charge on any atom is 0.0945 e. The molecule has 0 radical (unpaired) electrons. The van der Waals surface area contributed by atoms with E-state index in [1.165, 1.54) is 12.8 Å². The Hall–Kier alpha value is -0.830. The molecule has 13 heavy (non-hydrogen) atoms. The molecule has 1 fully saturated rings. The van der Waals surface area contributed by atoms with Gasteiger partial charge < -0.3 is 10.3 Å². The minimum absolute atomic E-state index is 0.138. The fourth-order valence-corrected chi connectivity index (χ4v) is 2.01. The van der Waals surface area contributed by atoms with Gasteiger partial charge in [-0.2, -0.15) is 0 Å². The zero-order valence-electron chi connectivity index (χ0n) is 8.11. The fraction of sp³-hybridized carbons (Fsp3) is 0.700. The molecular formula is C10H17N3. The molecule has 0 aliphatic heterocycles. The topological polar surface area (TPSA) is 43.8 Å². The first-order valence-corrected chi connectivity index (χ1v) is 4.99. The van der Waals surface area contributed by atoms with E-state index < -0.39 is 0 Å². The summed E-state index contributed by atoms with van der Waals surface area (Å²) < 4.78 is 2.10. The first-order chi connectivity index (χ1) is 6.24. The van der Waals surface area contributed by atoms with E-state index in [0.717, 1.165) is 18.9 Å². The van der Waals surface area contributed by atoms with Gasteiger partial charge in [0.1, 0.15) is 0 Å². The normalized spacial score (nSPS) is 32.0. The highest BCUT2D eigenvalue weighted by Gasteiger charge is 2.48. The second-order valence-corrected chi connectivity index (χ2v) is 4.09. The van der Waals surface area contributed by atoms with Gasteiger partial charge in [-0.15, -0.1) is 0 Å². The highest BCUT2D eigenvalue weighted by molar-refractivity contribution is 5.06. The molecular weight excluding hydrogens is 162 g/mol. The molecule has 1 heterocycles. The molecule has 1 aliphatic rings. The Morgan fingerprint density at radius 3 is 3.08 bits per heavy atom. The highest BCUT2D eigenvalue weighted by Crippen LogP contribution is 2.46. The van der Waals surface area contributed by atoms with Crippen LogP contribution in [0.25, 0.3) is 0 Å². The van der Waals surface area contributed by atoms with E-state index in [1.54, 1.807) is 0 Å². The zero-order chi connectivity index (χ0) is 9.31. The third-order valence-electron chi connectivity index (χ3n) is 3.17. The van der Waals surface area contributed by atoms with Crippen molar-refractivity contribution < 1.29 is 0 Å². The Balaban J connectivity index is 1.81. The van der Waals surface area contributed by atoms with E-state index in [4.69, 9.17) is 5.73 Å². The summed E-state index contributed by atoms with van der Waals surface area (Å²) in [6.45, 7) is 3.23. The summed E-state index contributed by atoms with van der Waals surface area (Å²) in [5.41, 5.74) is 6.32. The molecule has 2 atom stereocenters. The van der Waals surface area contributed by atoms with E-state index in [0.29, 0.717) is 0 Å². The summed E-state index contributed by atoms with van der Waals surface area (Å²) in [6.07, 6.45) is 9.17.